The fourth-order valence-electron chi connectivity index (χ4n) is 3.12. The Bertz CT molecular complexity index is 1090. The summed E-state index contributed by atoms with van der Waals surface area (Å²) >= 11 is 12.3. The van der Waals surface area contributed by atoms with Gasteiger partial charge in [-0.05, 0) is 36.8 Å². The van der Waals surface area contributed by atoms with Crippen molar-refractivity contribution in [3.8, 4) is 0 Å². The predicted octanol–water partition coefficient (Wildman–Crippen LogP) is 4.74. The highest BCUT2D eigenvalue weighted by Crippen LogP contribution is 2.32. The van der Waals surface area contributed by atoms with E-state index in [2.05, 4.69) is 5.32 Å². The van der Waals surface area contributed by atoms with Gasteiger partial charge < -0.3 is 15.0 Å². The molecule has 0 aliphatic heterocycles. The SMILES string of the molecule is C[C@H](NC(=O)c1cc2c(Cl)c(Cl)ccc2n1C)c1ccc(CC(=O)O)cc1F. The molecule has 1 amide bonds. The Morgan fingerprint density at radius 2 is 1.93 bits per heavy atom. The maximum absolute atomic E-state index is 14.4. The second-order valence-electron chi connectivity index (χ2n) is 6.50. The number of aryl methyl sites for hydroxylation is 1. The number of carboxylic acid groups (broad SMARTS) is 1. The quantitative estimate of drug-likeness (QED) is 0.623. The van der Waals surface area contributed by atoms with Gasteiger partial charge in [0, 0.05) is 23.5 Å². The van der Waals surface area contributed by atoms with Crippen LogP contribution in [0.4, 0.5) is 4.39 Å². The Morgan fingerprint density at radius 3 is 2.57 bits per heavy atom. The second kappa shape index (κ2) is 7.81. The molecule has 146 valence electrons. The van der Waals surface area contributed by atoms with Crippen LogP contribution in [-0.2, 0) is 18.3 Å². The van der Waals surface area contributed by atoms with E-state index in [4.69, 9.17) is 28.3 Å². The van der Waals surface area contributed by atoms with E-state index in [0.29, 0.717) is 26.7 Å². The molecule has 1 aromatic heterocycles. The van der Waals surface area contributed by atoms with Gasteiger partial charge in [-0.1, -0.05) is 35.3 Å². The summed E-state index contributed by atoms with van der Waals surface area (Å²) in [6.07, 6.45) is -0.267. The number of carbonyl (C=O) groups excluding carboxylic acids is 1. The molecule has 1 heterocycles. The summed E-state index contributed by atoms with van der Waals surface area (Å²) in [5.41, 5.74) is 1.72. The fourth-order valence-corrected chi connectivity index (χ4v) is 3.50. The Morgan fingerprint density at radius 1 is 1.21 bits per heavy atom. The molecule has 0 radical (unpaired) electrons. The number of fused-ring (bicyclic) bond motifs is 1. The lowest BCUT2D eigenvalue weighted by Crippen LogP contribution is -2.28. The number of benzene rings is 2. The first-order chi connectivity index (χ1) is 13.2. The van der Waals surface area contributed by atoms with E-state index in [1.807, 2.05) is 0 Å². The van der Waals surface area contributed by atoms with Gasteiger partial charge >= 0.3 is 5.97 Å². The van der Waals surface area contributed by atoms with Crippen molar-refractivity contribution >= 4 is 46.0 Å². The third-order valence-corrected chi connectivity index (χ3v) is 5.40. The molecular weight excluding hydrogens is 406 g/mol. The van der Waals surface area contributed by atoms with Crippen LogP contribution in [0.25, 0.3) is 10.9 Å². The maximum Gasteiger partial charge on any atom is 0.307 e. The molecule has 0 unspecified atom stereocenters. The summed E-state index contributed by atoms with van der Waals surface area (Å²) in [7, 11) is 1.73. The number of amides is 1. The van der Waals surface area contributed by atoms with Gasteiger partial charge in [0.05, 0.1) is 22.5 Å². The molecule has 2 aromatic carbocycles. The van der Waals surface area contributed by atoms with E-state index in [0.717, 1.165) is 5.52 Å². The highest BCUT2D eigenvalue weighted by molar-refractivity contribution is 6.45. The normalized spacial score (nSPS) is 12.2. The van der Waals surface area contributed by atoms with Crippen molar-refractivity contribution < 1.29 is 19.1 Å². The summed E-state index contributed by atoms with van der Waals surface area (Å²) in [6.45, 7) is 1.65. The zero-order chi connectivity index (χ0) is 20.6. The number of aliphatic carboxylic acids is 1. The number of halogens is 3. The van der Waals surface area contributed by atoms with E-state index in [1.54, 1.807) is 36.7 Å². The number of aromatic nitrogens is 1. The number of hydrogen-bond donors (Lipinski definition) is 2. The Kier molecular flexibility index (Phi) is 5.63. The highest BCUT2D eigenvalue weighted by atomic mass is 35.5. The maximum atomic E-state index is 14.4. The Hall–Kier alpha value is -2.57. The van der Waals surface area contributed by atoms with Crippen molar-refractivity contribution in [3.63, 3.8) is 0 Å². The van der Waals surface area contributed by atoms with Crippen LogP contribution in [0.2, 0.25) is 10.0 Å². The lowest BCUT2D eigenvalue weighted by atomic mass is 10.0. The van der Waals surface area contributed by atoms with Crippen LogP contribution in [0, 0.1) is 5.82 Å². The number of nitrogens with zero attached hydrogens (tertiary/aromatic N) is 1. The van der Waals surface area contributed by atoms with Crippen molar-refractivity contribution in [3.05, 3.63) is 69.1 Å². The van der Waals surface area contributed by atoms with Crippen molar-refractivity contribution in [1.29, 1.82) is 0 Å². The molecule has 2 N–H and O–H groups in total. The molecule has 0 fully saturated rings. The highest BCUT2D eigenvalue weighted by Gasteiger charge is 2.20. The summed E-state index contributed by atoms with van der Waals surface area (Å²) in [4.78, 5) is 23.5. The number of carboxylic acids is 1. The molecule has 28 heavy (non-hydrogen) atoms. The summed E-state index contributed by atoms with van der Waals surface area (Å²) in [6, 6.07) is 8.63. The molecule has 0 aliphatic carbocycles. The topological polar surface area (TPSA) is 71.3 Å². The van der Waals surface area contributed by atoms with Crippen LogP contribution in [0.5, 0.6) is 0 Å². The van der Waals surface area contributed by atoms with Crippen molar-refractivity contribution in [2.45, 2.75) is 19.4 Å². The Labute approximate surface area is 170 Å². The average molecular weight is 423 g/mol. The molecule has 0 spiro atoms. The monoisotopic (exact) mass is 422 g/mol. The van der Waals surface area contributed by atoms with Crippen LogP contribution in [0.15, 0.2) is 36.4 Å². The van der Waals surface area contributed by atoms with E-state index in [-0.39, 0.29) is 12.0 Å². The molecule has 5 nitrogen and oxygen atoms in total. The summed E-state index contributed by atoms with van der Waals surface area (Å²) in [5, 5.41) is 13.0. The molecular formula is C20H17Cl2FN2O3. The van der Waals surface area contributed by atoms with Crippen LogP contribution in [0.3, 0.4) is 0 Å². The number of hydrogen-bond acceptors (Lipinski definition) is 2. The first-order valence-corrected chi connectivity index (χ1v) is 9.19. The predicted molar refractivity (Wildman–Crippen MR) is 107 cm³/mol. The minimum Gasteiger partial charge on any atom is -0.481 e. The molecule has 1 atom stereocenters. The molecule has 8 heteroatoms. The molecule has 0 bridgehead atoms. The number of carbonyl (C=O) groups is 2. The van der Waals surface area contributed by atoms with Crippen LogP contribution in [-0.4, -0.2) is 21.6 Å². The van der Waals surface area contributed by atoms with Gasteiger partial charge in [0.15, 0.2) is 0 Å². The number of rotatable bonds is 5. The minimum atomic E-state index is -1.04. The largest absolute Gasteiger partial charge is 0.481 e. The number of nitrogens with one attached hydrogen (secondary N) is 1. The standard InChI is InChI=1S/C20H17Cl2FN2O3/c1-10(12-4-3-11(7-15(12)23)8-18(26)27)24-20(28)17-9-13-16(25(17)2)6-5-14(21)19(13)22/h3-7,9-10H,8H2,1-2H3,(H,24,28)(H,26,27)/t10-/m0/s1. The summed E-state index contributed by atoms with van der Waals surface area (Å²) in [5.74, 6) is -2.01. The van der Waals surface area contributed by atoms with Gasteiger partial charge in [-0.2, -0.15) is 0 Å². The van der Waals surface area contributed by atoms with Crippen LogP contribution >= 0.6 is 23.2 Å². The third-order valence-electron chi connectivity index (χ3n) is 4.58. The second-order valence-corrected chi connectivity index (χ2v) is 7.29. The summed E-state index contributed by atoms with van der Waals surface area (Å²) < 4.78 is 16.1. The lowest BCUT2D eigenvalue weighted by Gasteiger charge is -2.16. The van der Waals surface area contributed by atoms with E-state index >= 15 is 0 Å². The van der Waals surface area contributed by atoms with Crippen LogP contribution < -0.4 is 5.32 Å². The van der Waals surface area contributed by atoms with Gasteiger partial charge in [0.1, 0.15) is 11.5 Å². The molecule has 3 rings (SSSR count). The first kappa shape index (κ1) is 20.2. The fraction of sp³-hybridized carbons (Fsp3) is 0.200. The molecule has 3 aromatic rings. The van der Waals surface area contributed by atoms with E-state index < -0.39 is 23.7 Å². The minimum absolute atomic E-state index is 0.266. The third kappa shape index (κ3) is 3.84. The van der Waals surface area contributed by atoms with Crippen molar-refractivity contribution in [2.75, 3.05) is 0 Å². The Balaban J connectivity index is 1.85. The van der Waals surface area contributed by atoms with Crippen LogP contribution in [0.1, 0.15) is 34.6 Å². The van der Waals surface area contributed by atoms with Crippen molar-refractivity contribution in [1.82, 2.24) is 9.88 Å². The molecule has 0 aliphatic rings. The zero-order valence-electron chi connectivity index (χ0n) is 15.1. The van der Waals surface area contributed by atoms with Gasteiger partial charge in [0.25, 0.3) is 5.91 Å². The lowest BCUT2D eigenvalue weighted by molar-refractivity contribution is -0.136. The average Bonchev–Trinajstić information content (AvgIpc) is 2.95. The zero-order valence-corrected chi connectivity index (χ0v) is 16.6. The van der Waals surface area contributed by atoms with Gasteiger partial charge in [-0.3, -0.25) is 9.59 Å². The molecule has 0 saturated carbocycles. The van der Waals surface area contributed by atoms with Gasteiger partial charge in [-0.25, -0.2) is 4.39 Å². The van der Waals surface area contributed by atoms with Gasteiger partial charge in [0.2, 0.25) is 0 Å². The first-order valence-electron chi connectivity index (χ1n) is 8.43. The van der Waals surface area contributed by atoms with E-state index in [9.17, 15) is 14.0 Å². The van der Waals surface area contributed by atoms with Crippen molar-refractivity contribution in [2.24, 2.45) is 7.05 Å². The smallest absolute Gasteiger partial charge is 0.307 e. The molecule has 0 saturated heterocycles. The van der Waals surface area contributed by atoms with E-state index in [1.165, 1.54) is 18.2 Å². The van der Waals surface area contributed by atoms with Gasteiger partial charge in [-0.15, -0.1) is 0 Å².